The normalized spacial score (nSPS) is 17.3. The molecule has 166 valence electrons. The fourth-order valence-corrected chi connectivity index (χ4v) is 3.43. The molecular weight excluding hydrogens is 424 g/mol. The number of rotatable bonds is 3. The van der Waals surface area contributed by atoms with Gasteiger partial charge in [0.15, 0.2) is 28.7 Å². The summed E-state index contributed by atoms with van der Waals surface area (Å²) in [5.41, 5.74) is 0.397. The molecule has 4 rings (SSSR count). The number of aliphatic hydroxyl groups is 1. The molecule has 1 aliphatic heterocycles. The van der Waals surface area contributed by atoms with Crippen molar-refractivity contribution < 1.29 is 50.0 Å². The summed E-state index contributed by atoms with van der Waals surface area (Å²) in [4.78, 5) is 12.3. The van der Waals surface area contributed by atoms with E-state index in [4.69, 9.17) is 9.47 Å². The fourth-order valence-electron chi connectivity index (χ4n) is 3.43. The van der Waals surface area contributed by atoms with Gasteiger partial charge in [-0.3, -0.25) is 0 Å². The van der Waals surface area contributed by atoms with Crippen molar-refractivity contribution >= 4 is 5.97 Å². The summed E-state index contributed by atoms with van der Waals surface area (Å²) >= 11 is 0. The topological polar surface area (TPSA) is 177 Å². The van der Waals surface area contributed by atoms with Crippen molar-refractivity contribution in [2.24, 2.45) is 0 Å². The van der Waals surface area contributed by atoms with Crippen LogP contribution >= 0.6 is 0 Å². The zero-order valence-corrected chi connectivity index (χ0v) is 16.3. The van der Waals surface area contributed by atoms with Crippen molar-refractivity contribution in [3.63, 3.8) is 0 Å². The molecule has 0 bridgehead atoms. The SMILES string of the molecule is O=C(Oc1ccc([C@@H]2Oc3cc(O)cc(O)c3C[C@H]2O)cc1O)c1cc(O)c(O)c(O)c1. The van der Waals surface area contributed by atoms with Gasteiger partial charge < -0.3 is 45.2 Å². The van der Waals surface area contributed by atoms with Crippen LogP contribution in [0.2, 0.25) is 0 Å². The first-order chi connectivity index (χ1) is 15.1. The van der Waals surface area contributed by atoms with E-state index in [0.717, 1.165) is 18.2 Å². The number of hydrogen-bond donors (Lipinski definition) is 7. The molecule has 0 amide bonds. The number of fused-ring (bicyclic) bond motifs is 1. The zero-order chi connectivity index (χ0) is 23.2. The monoisotopic (exact) mass is 442 g/mol. The van der Waals surface area contributed by atoms with Gasteiger partial charge in [0.2, 0.25) is 0 Å². The zero-order valence-electron chi connectivity index (χ0n) is 16.3. The molecule has 2 atom stereocenters. The lowest BCUT2D eigenvalue weighted by Gasteiger charge is -2.31. The maximum absolute atomic E-state index is 12.3. The highest BCUT2D eigenvalue weighted by atomic mass is 16.5. The lowest BCUT2D eigenvalue weighted by atomic mass is 9.94. The second-order valence-electron chi connectivity index (χ2n) is 7.23. The van der Waals surface area contributed by atoms with Crippen LogP contribution in [0.1, 0.15) is 27.6 Å². The molecule has 0 radical (unpaired) electrons. The average Bonchev–Trinajstić information content (AvgIpc) is 2.73. The molecule has 0 saturated carbocycles. The van der Waals surface area contributed by atoms with Crippen LogP contribution in [-0.4, -0.2) is 47.8 Å². The van der Waals surface area contributed by atoms with Gasteiger partial charge in [-0.15, -0.1) is 0 Å². The Kier molecular flexibility index (Phi) is 5.07. The van der Waals surface area contributed by atoms with Crippen LogP contribution in [0.4, 0.5) is 0 Å². The van der Waals surface area contributed by atoms with Crippen LogP contribution in [0.25, 0.3) is 0 Å². The molecule has 0 aliphatic carbocycles. The van der Waals surface area contributed by atoms with Crippen LogP contribution in [-0.2, 0) is 6.42 Å². The van der Waals surface area contributed by atoms with E-state index in [1.807, 2.05) is 0 Å². The van der Waals surface area contributed by atoms with Gasteiger partial charge in [-0.05, 0) is 29.8 Å². The summed E-state index contributed by atoms with van der Waals surface area (Å²) in [5.74, 6) is -4.21. The van der Waals surface area contributed by atoms with Gasteiger partial charge in [0.25, 0.3) is 0 Å². The average molecular weight is 442 g/mol. The number of ether oxygens (including phenoxy) is 2. The lowest BCUT2D eigenvalue weighted by molar-refractivity contribution is 0.0196. The summed E-state index contributed by atoms with van der Waals surface area (Å²) in [7, 11) is 0. The quantitative estimate of drug-likeness (QED) is 0.181. The molecular formula is C22H18O10. The van der Waals surface area contributed by atoms with Crippen LogP contribution < -0.4 is 9.47 Å². The summed E-state index contributed by atoms with van der Waals surface area (Å²) in [6, 6.07) is 8.12. The molecule has 7 N–H and O–H groups in total. The van der Waals surface area contributed by atoms with Gasteiger partial charge >= 0.3 is 5.97 Å². The van der Waals surface area contributed by atoms with Crippen molar-refractivity contribution in [3.05, 3.63) is 59.2 Å². The minimum Gasteiger partial charge on any atom is -0.508 e. The van der Waals surface area contributed by atoms with Crippen molar-refractivity contribution in [2.75, 3.05) is 0 Å². The fraction of sp³-hybridized carbons (Fsp3) is 0.136. The Morgan fingerprint density at radius 3 is 2.22 bits per heavy atom. The Labute approximate surface area is 180 Å². The molecule has 10 heteroatoms. The molecule has 0 fully saturated rings. The van der Waals surface area contributed by atoms with Gasteiger partial charge in [0.1, 0.15) is 23.4 Å². The molecule has 0 unspecified atom stereocenters. The number of phenolic OH excluding ortho intramolecular Hbond substituents is 6. The van der Waals surface area contributed by atoms with E-state index in [1.165, 1.54) is 24.3 Å². The van der Waals surface area contributed by atoms with E-state index in [1.54, 1.807) is 0 Å². The molecule has 10 nitrogen and oxygen atoms in total. The van der Waals surface area contributed by atoms with E-state index in [-0.39, 0.29) is 35.0 Å². The third-order valence-electron chi connectivity index (χ3n) is 5.01. The van der Waals surface area contributed by atoms with Crippen LogP contribution in [0, 0.1) is 0 Å². The minimum absolute atomic E-state index is 0.0391. The summed E-state index contributed by atoms with van der Waals surface area (Å²) < 4.78 is 10.8. The molecule has 0 spiro atoms. The number of aromatic hydroxyl groups is 6. The highest BCUT2D eigenvalue weighted by Gasteiger charge is 2.32. The predicted molar refractivity (Wildman–Crippen MR) is 107 cm³/mol. The predicted octanol–water partition coefficient (Wildman–Crippen LogP) is 2.18. The maximum Gasteiger partial charge on any atom is 0.343 e. The van der Waals surface area contributed by atoms with Crippen molar-refractivity contribution in [1.29, 1.82) is 0 Å². The van der Waals surface area contributed by atoms with E-state index in [2.05, 4.69) is 0 Å². The Balaban J connectivity index is 1.56. The number of benzene rings is 3. The van der Waals surface area contributed by atoms with E-state index in [9.17, 15) is 40.5 Å². The molecule has 1 aliphatic rings. The largest absolute Gasteiger partial charge is 0.508 e. The van der Waals surface area contributed by atoms with Gasteiger partial charge in [-0.25, -0.2) is 4.79 Å². The maximum atomic E-state index is 12.3. The summed E-state index contributed by atoms with van der Waals surface area (Å²) in [6.45, 7) is 0. The Morgan fingerprint density at radius 2 is 1.56 bits per heavy atom. The Bertz CT molecular complexity index is 1200. The third-order valence-corrected chi connectivity index (χ3v) is 5.01. The highest BCUT2D eigenvalue weighted by molar-refractivity contribution is 5.92. The van der Waals surface area contributed by atoms with Crippen molar-refractivity contribution in [3.8, 4) is 46.0 Å². The molecule has 0 aromatic heterocycles. The first-order valence-corrected chi connectivity index (χ1v) is 9.33. The van der Waals surface area contributed by atoms with E-state index < -0.39 is 41.2 Å². The number of carbonyl (C=O) groups excluding carboxylic acids is 1. The standard InChI is InChI=1S/C22H18O10/c23-11-6-13(24)12-8-17(28)21(31-19(12)7-11)9-1-2-18(14(25)3-9)32-22(30)10-4-15(26)20(29)16(27)5-10/h1-7,17,21,23-29H,8H2/t17-,21+/m1/s1. The Morgan fingerprint density at radius 1 is 0.875 bits per heavy atom. The van der Waals surface area contributed by atoms with Crippen LogP contribution in [0.3, 0.4) is 0 Å². The van der Waals surface area contributed by atoms with Gasteiger partial charge in [-0.1, -0.05) is 6.07 Å². The second kappa shape index (κ2) is 7.75. The van der Waals surface area contributed by atoms with E-state index >= 15 is 0 Å². The van der Waals surface area contributed by atoms with Crippen LogP contribution in [0.5, 0.6) is 46.0 Å². The molecule has 3 aromatic carbocycles. The number of hydrogen-bond acceptors (Lipinski definition) is 10. The Hall–Kier alpha value is -4.31. The van der Waals surface area contributed by atoms with Gasteiger partial charge in [0.05, 0.1) is 11.7 Å². The van der Waals surface area contributed by atoms with Crippen LogP contribution in [0.15, 0.2) is 42.5 Å². The van der Waals surface area contributed by atoms with E-state index in [0.29, 0.717) is 11.1 Å². The third kappa shape index (κ3) is 3.74. The van der Waals surface area contributed by atoms with Gasteiger partial charge in [0, 0.05) is 24.1 Å². The first kappa shape index (κ1) is 20.9. The second-order valence-corrected chi connectivity index (χ2v) is 7.23. The molecule has 0 saturated heterocycles. The number of esters is 1. The number of aliphatic hydroxyl groups excluding tert-OH is 1. The number of carbonyl (C=O) groups is 1. The highest BCUT2D eigenvalue weighted by Crippen LogP contribution is 2.43. The molecule has 32 heavy (non-hydrogen) atoms. The summed E-state index contributed by atoms with van der Waals surface area (Å²) in [6.07, 6.45) is -1.98. The summed E-state index contributed by atoms with van der Waals surface area (Å²) in [5, 5.41) is 68.8. The first-order valence-electron chi connectivity index (χ1n) is 9.33. The minimum atomic E-state index is -1.08. The van der Waals surface area contributed by atoms with Crippen molar-refractivity contribution in [1.82, 2.24) is 0 Å². The lowest BCUT2D eigenvalue weighted by Crippen LogP contribution is -2.30. The van der Waals surface area contributed by atoms with Crippen molar-refractivity contribution in [2.45, 2.75) is 18.6 Å². The number of phenols is 6. The molecule has 3 aromatic rings. The molecule has 1 heterocycles. The van der Waals surface area contributed by atoms with Gasteiger partial charge in [-0.2, -0.15) is 0 Å². The smallest absolute Gasteiger partial charge is 0.343 e.